The molecule has 3 aromatic rings. The van der Waals surface area contributed by atoms with E-state index in [0.29, 0.717) is 24.2 Å². The van der Waals surface area contributed by atoms with Crippen LogP contribution >= 0.6 is 15.9 Å². The summed E-state index contributed by atoms with van der Waals surface area (Å²) in [6, 6.07) is 22.3. The molecule has 1 spiro atoms. The van der Waals surface area contributed by atoms with Crippen LogP contribution in [0, 0.1) is 5.92 Å². The first-order valence-electron chi connectivity index (χ1n) is 13.1. The predicted octanol–water partition coefficient (Wildman–Crippen LogP) is 5.43. The second-order valence-corrected chi connectivity index (χ2v) is 15.8. The fourth-order valence-electron chi connectivity index (χ4n) is 6.27. The van der Waals surface area contributed by atoms with Crippen LogP contribution in [0.3, 0.4) is 0 Å². The molecule has 1 fully saturated rings. The van der Waals surface area contributed by atoms with Gasteiger partial charge in [-0.3, -0.25) is 9.59 Å². The van der Waals surface area contributed by atoms with E-state index < -0.39 is 20.0 Å². The molecule has 0 unspecified atom stereocenters. The molecule has 2 aliphatic rings. The maximum absolute atomic E-state index is 14.3. The van der Waals surface area contributed by atoms with Crippen molar-refractivity contribution in [2.24, 2.45) is 5.92 Å². The van der Waals surface area contributed by atoms with Gasteiger partial charge < -0.3 is 24.9 Å². The SMILES string of the molecule is C[C@@H]1[C@@H]([Si](C)(C)O)[C@H](CCO)O[C@@]12C(=O)N(Cc1ccc(NC(=O)c3ccccc3)cc1)c1ccc(Br)cc12. The smallest absolute Gasteiger partial charge is 0.264 e. The highest BCUT2D eigenvalue weighted by molar-refractivity contribution is 9.10. The highest BCUT2D eigenvalue weighted by Gasteiger charge is 2.66. The normalized spacial score (nSPS) is 24.3. The van der Waals surface area contributed by atoms with Gasteiger partial charge in [0.1, 0.15) is 0 Å². The third-order valence-electron chi connectivity index (χ3n) is 7.95. The van der Waals surface area contributed by atoms with E-state index in [1.165, 1.54) is 0 Å². The molecule has 0 bridgehead atoms. The maximum atomic E-state index is 14.3. The first-order chi connectivity index (χ1) is 18.6. The number of hydrogen-bond acceptors (Lipinski definition) is 5. The quantitative estimate of drug-likeness (QED) is 0.311. The molecule has 4 atom stereocenters. The number of fused-ring (bicyclic) bond motifs is 2. The van der Waals surface area contributed by atoms with Crippen LogP contribution in [0.4, 0.5) is 11.4 Å². The Hall–Kier alpha value is -2.82. The molecular weight excluding hydrogens is 576 g/mol. The van der Waals surface area contributed by atoms with Crippen molar-refractivity contribution in [2.75, 3.05) is 16.8 Å². The summed E-state index contributed by atoms with van der Waals surface area (Å²) < 4.78 is 7.46. The highest BCUT2D eigenvalue weighted by atomic mass is 79.9. The number of rotatable bonds is 7. The van der Waals surface area contributed by atoms with Gasteiger partial charge in [-0.05, 0) is 67.5 Å². The topological polar surface area (TPSA) is 99.1 Å². The first kappa shape index (κ1) is 27.7. The highest BCUT2D eigenvalue weighted by Crippen LogP contribution is 2.60. The van der Waals surface area contributed by atoms with Crippen molar-refractivity contribution in [1.82, 2.24) is 0 Å². The first-order valence-corrected chi connectivity index (χ1v) is 17.0. The second-order valence-electron chi connectivity index (χ2n) is 10.9. The number of ether oxygens (including phenoxy) is 1. The molecule has 2 aliphatic heterocycles. The number of carbonyl (C=O) groups is 2. The number of benzene rings is 3. The minimum atomic E-state index is -2.74. The third-order valence-corrected chi connectivity index (χ3v) is 10.9. The van der Waals surface area contributed by atoms with Gasteiger partial charge in [0.05, 0.1) is 18.3 Å². The average Bonchev–Trinajstić information content (AvgIpc) is 3.32. The van der Waals surface area contributed by atoms with Crippen LogP contribution in [0.25, 0.3) is 0 Å². The van der Waals surface area contributed by atoms with E-state index in [2.05, 4.69) is 21.2 Å². The Morgan fingerprint density at radius 1 is 1.10 bits per heavy atom. The molecule has 7 nitrogen and oxygen atoms in total. The summed E-state index contributed by atoms with van der Waals surface area (Å²) in [5.41, 5.74) is 2.25. The van der Waals surface area contributed by atoms with Gasteiger partial charge in [-0.2, -0.15) is 0 Å². The number of carbonyl (C=O) groups excluding carboxylic acids is 2. The van der Waals surface area contributed by atoms with Crippen molar-refractivity contribution in [3.8, 4) is 0 Å². The summed E-state index contributed by atoms with van der Waals surface area (Å²) in [4.78, 5) is 39.8. The number of aliphatic hydroxyl groups is 1. The minimum Gasteiger partial charge on any atom is -0.432 e. The van der Waals surface area contributed by atoms with Crippen LogP contribution in [-0.2, 0) is 21.7 Å². The van der Waals surface area contributed by atoms with Crippen molar-refractivity contribution >= 4 is 47.4 Å². The Morgan fingerprint density at radius 2 is 1.79 bits per heavy atom. The third kappa shape index (κ3) is 4.98. The molecule has 204 valence electrons. The molecule has 39 heavy (non-hydrogen) atoms. The van der Waals surface area contributed by atoms with E-state index >= 15 is 0 Å². The zero-order valence-corrected chi connectivity index (χ0v) is 24.8. The van der Waals surface area contributed by atoms with Gasteiger partial charge in [-0.25, -0.2) is 0 Å². The number of hydrogen-bond donors (Lipinski definition) is 3. The van der Waals surface area contributed by atoms with Gasteiger partial charge in [0, 0.05) is 39.4 Å². The standard InChI is InChI=1S/C30H33BrN2O5Si/c1-19-27(39(2,3)37)26(15-16-34)38-30(19)24-17-22(31)11-14-25(24)33(29(30)36)18-20-9-12-23(13-10-20)32-28(35)21-7-5-4-6-8-21/h4-14,17,19,26-27,34,37H,15-16,18H2,1-3H3,(H,32,35)/t19-,26+,27-,30+/m1/s1. The number of amides is 2. The second kappa shape index (κ2) is 10.6. The van der Waals surface area contributed by atoms with Crippen molar-refractivity contribution in [2.45, 2.75) is 50.2 Å². The lowest BCUT2D eigenvalue weighted by Gasteiger charge is -2.32. The summed E-state index contributed by atoms with van der Waals surface area (Å²) in [7, 11) is -2.74. The minimum absolute atomic E-state index is 0.0785. The number of nitrogens with zero attached hydrogens (tertiary/aromatic N) is 1. The Bertz CT molecular complexity index is 1380. The molecule has 3 aromatic carbocycles. The van der Waals surface area contributed by atoms with Crippen molar-refractivity contribution < 1.29 is 24.2 Å². The Balaban J connectivity index is 1.43. The Labute approximate surface area is 238 Å². The van der Waals surface area contributed by atoms with Gasteiger partial charge in [0.15, 0.2) is 13.9 Å². The summed E-state index contributed by atoms with van der Waals surface area (Å²) in [6.07, 6.45) is -0.0551. The summed E-state index contributed by atoms with van der Waals surface area (Å²) in [5.74, 6) is -0.621. The van der Waals surface area contributed by atoms with Gasteiger partial charge >= 0.3 is 0 Å². The van der Waals surface area contributed by atoms with Crippen LogP contribution in [0.1, 0.15) is 34.8 Å². The monoisotopic (exact) mass is 608 g/mol. The van der Waals surface area contributed by atoms with E-state index in [4.69, 9.17) is 4.74 Å². The molecule has 0 aliphatic carbocycles. The van der Waals surface area contributed by atoms with E-state index in [0.717, 1.165) is 21.3 Å². The lowest BCUT2D eigenvalue weighted by Crippen LogP contribution is -2.46. The molecule has 2 amide bonds. The largest absolute Gasteiger partial charge is 0.432 e. The molecule has 3 N–H and O–H groups in total. The summed E-state index contributed by atoms with van der Waals surface area (Å²) in [5, 5.41) is 12.7. The zero-order chi connectivity index (χ0) is 27.9. The van der Waals surface area contributed by atoms with Crippen LogP contribution in [0.5, 0.6) is 0 Å². The van der Waals surface area contributed by atoms with E-state index in [-0.39, 0.29) is 29.9 Å². The number of halogens is 1. The number of anilines is 2. The van der Waals surface area contributed by atoms with Gasteiger partial charge in [-0.1, -0.05) is 53.2 Å². The summed E-state index contributed by atoms with van der Waals surface area (Å²) in [6.45, 7) is 5.98. The van der Waals surface area contributed by atoms with E-state index in [1.54, 1.807) is 17.0 Å². The molecule has 1 saturated heterocycles. The number of nitrogens with one attached hydrogen (secondary N) is 1. The van der Waals surface area contributed by atoms with Gasteiger partial charge in [-0.15, -0.1) is 0 Å². The average molecular weight is 610 g/mol. The summed E-state index contributed by atoms with van der Waals surface area (Å²) >= 11 is 3.57. The van der Waals surface area contributed by atoms with Crippen molar-refractivity contribution in [3.05, 3.63) is 94.0 Å². The molecular formula is C30H33BrN2O5Si. The number of aliphatic hydroxyl groups excluding tert-OH is 1. The van der Waals surface area contributed by atoms with Crippen LogP contribution in [-0.4, -0.2) is 42.7 Å². The molecule has 2 heterocycles. The molecule has 0 saturated carbocycles. The fourth-order valence-corrected chi connectivity index (χ4v) is 9.24. The van der Waals surface area contributed by atoms with Gasteiger partial charge in [0.2, 0.25) is 0 Å². The lowest BCUT2D eigenvalue weighted by molar-refractivity contribution is -0.146. The maximum Gasteiger partial charge on any atom is 0.264 e. The van der Waals surface area contributed by atoms with Crippen LogP contribution in [0.2, 0.25) is 18.6 Å². The lowest BCUT2D eigenvalue weighted by atomic mass is 9.82. The Kier molecular flexibility index (Phi) is 7.56. The van der Waals surface area contributed by atoms with Gasteiger partial charge in [0.25, 0.3) is 11.8 Å². The van der Waals surface area contributed by atoms with E-state index in [9.17, 15) is 19.5 Å². The molecule has 0 radical (unpaired) electrons. The Morgan fingerprint density at radius 3 is 2.44 bits per heavy atom. The van der Waals surface area contributed by atoms with Crippen LogP contribution < -0.4 is 10.2 Å². The fraction of sp³-hybridized carbons (Fsp3) is 0.333. The molecule has 9 heteroatoms. The van der Waals surface area contributed by atoms with E-state index in [1.807, 2.05) is 80.7 Å². The van der Waals surface area contributed by atoms with Crippen molar-refractivity contribution in [1.29, 1.82) is 0 Å². The van der Waals surface area contributed by atoms with Crippen LogP contribution in [0.15, 0.2) is 77.3 Å². The molecule has 0 aromatic heterocycles. The zero-order valence-electron chi connectivity index (χ0n) is 22.2. The predicted molar refractivity (Wildman–Crippen MR) is 157 cm³/mol. The molecule has 5 rings (SSSR count). The van der Waals surface area contributed by atoms with Crippen molar-refractivity contribution in [3.63, 3.8) is 0 Å².